The molecule has 5 nitrogen and oxygen atoms in total. The van der Waals surface area contributed by atoms with Gasteiger partial charge in [0, 0.05) is 5.92 Å². The molecule has 2 heterocycles. The van der Waals surface area contributed by atoms with E-state index in [9.17, 15) is 9.59 Å². The minimum Gasteiger partial charge on any atom is -0.458 e. The Bertz CT molecular complexity index is 927. The molecule has 0 spiro atoms. The zero-order chi connectivity index (χ0) is 18.8. The first kappa shape index (κ1) is 18.7. The highest BCUT2D eigenvalue weighted by Crippen LogP contribution is 2.30. The summed E-state index contributed by atoms with van der Waals surface area (Å²) in [6, 6.07) is 0. The summed E-state index contributed by atoms with van der Waals surface area (Å²) in [6.07, 6.45) is 10.6. The number of nitrogens with zero attached hydrogens (tertiary/aromatic N) is 2. The topological polar surface area (TPSA) is 61.2 Å². The third-order valence-corrected chi connectivity index (χ3v) is 6.02. The van der Waals surface area contributed by atoms with Gasteiger partial charge in [0.25, 0.3) is 5.56 Å². The minimum absolute atomic E-state index is 0.0156. The maximum atomic E-state index is 13.0. The smallest absolute Gasteiger partial charge is 0.348 e. The fraction of sp³-hybridized carbons (Fsp3) is 0.550. The van der Waals surface area contributed by atoms with Gasteiger partial charge in [0.05, 0.1) is 11.9 Å². The zero-order valence-corrected chi connectivity index (χ0v) is 16.3. The van der Waals surface area contributed by atoms with Crippen LogP contribution in [0.4, 0.5) is 0 Å². The van der Waals surface area contributed by atoms with Gasteiger partial charge in [-0.1, -0.05) is 26.2 Å². The molecule has 1 aliphatic carbocycles. The summed E-state index contributed by atoms with van der Waals surface area (Å²) >= 11 is 1.24. The Morgan fingerprint density at radius 1 is 1.38 bits per heavy atom. The molecule has 138 valence electrons. The van der Waals surface area contributed by atoms with E-state index < -0.39 is 0 Å². The number of fused-ring (bicyclic) bond motifs is 1. The molecule has 0 aliphatic heterocycles. The van der Waals surface area contributed by atoms with Crippen LogP contribution in [0.2, 0.25) is 0 Å². The lowest BCUT2D eigenvalue weighted by Gasteiger charge is -2.21. The van der Waals surface area contributed by atoms with Gasteiger partial charge in [0.1, 0.15) is 21.6 Å². The van der Waals surface area contributed by atoms with E-state index in [-0.39, 0.29) is 30.1 Å². The number of hydrogen-bond donors (Lipinski definition) is 0. The highest BCUT2D eigenvalue weighted by atomic mass is 32.1. The molecular formula is C20H24N2O3S. The van der Waals surface area contributed by atoms with Gasteiger partial charge in [-0.25, -0.2) is 9.78 Å². The van der Waals surface area contributed by atoms with Crippen molar-refractivity contribution >= 4 is 27.5 Å². The Hall–Kier alpha value is -2.13. The molecule has 3 rings (SSSR count). The van der Waals surface area contributed by atoms with Crippen LogP contribution in [0.25, 0.3) is 10.2 Å². The van der Waals surface area contributed by atoms with Crippen LogP contribution in [0.1, 0.15) is 72.9 Å². The molecule has 2 aromatic heterocycles. The van der Waals surface area contributed by atoms with E-state index in [2.05, 4.69) is 10.9 Å². The fourth-order valence-corrected chi connectivity index (χ4v) is 4.56. The van der Waals surface area contributed by atoms with Gasteiger partial charge in [-0.05, 0) is 38.2 Å². The summed E-state index contributed by atoms with van der Waals surface area (Å²) < 4.78 is 7.22. The lowest BCUT2D eigenvalue weighted by molar-refractivity contribution is 0.0216. The molecule has 0 unspecified atom stereocenters. The predicted molar refractivity (Wildman–Crippen MR) is 104 cm³/mol. The van der Waals surface area contributed by atoms with Gasteiger partial charge >= 0.3 is 5.97 Å². The van der Waals surface area contributed by atoms with Crippen molar-refractivity contribution < 1.29 is 9.53 Å². The first-order chi connectivity index (χ1) is 12.4. The molecule has 0 radical (unpaired) electrons. The second-order valence-corrected chi connectivity index (χ2v) is 8.12. The molecule has 0 saturated heterocycles. The average Bonchev–Trinajstić information content (AvgIpc) is 2.95. The van der Waals surface area contributed by atoms with Crippen molar-refractivity contribution in [3.05, 3.63) is 26.6 Å². The van der Waals surface area contributed by atoms with E-state index in [1.807, 2.05) is 13.8 Å². The van der Waals surface area contributed by atoms with E-state index in [1.165, 1.54) is 22.3 Å². The molecule has 0 aromatic carbocycles. The number of carbonyl (C=O) groups is 1. The first-order valence-electron chi connectivity index (χ1n) is 9.12. The Kier molecular flexibility index (Phi) is 5.47. The van der Waals surface area contributed by atoms with Crippen LogP contribution in [0.5, 0.6) is 0 Å². The number of hydrogen-bond acceptors (Lipinski definition) is 5. The Morgan fingerprint density at radius 2 is 2.08 bits per heavy atom. The van der Waals surface area contributed by atoms with Crippen molar-refractivity contribution in [1.29, 1.82) is 0 Å². The number of terminal acetylenes is 1. The number of esters is 1. The van der Waals surface area contributed by atoms with Crippen LogP contribution in [0, 0.1) is 19.3 Å². The zero-order valence-electron chi connectivity index (χ0n) is 15.5. The van der Waals surface area contributed by atoms with E-state index in [4.69, 9.17) is 11.2 Å². The Morgan fingerprint density at radius 3 is 2.69 bits per heavy atom. The summed E-state index contributed by atoms with van der Waals surface area (Å²) in [5, 5.41) is 0.477. The van der Waals surface area contributed by atoms with Crippen molar-refractivity contribution in [2.24, 2.45) is 0 Å². The minimum atomic E-state index is -0.341. The molecule has 0 bridgehead atoms. The summed E-state index contributed by atoms with van der Waals surface area (Å²) in [5.74, 6) is 2.88. The van der Waals surface area contributed by atoms with Crippen LogP contribution in [0.15, 0.2) is 4.79 Å². The van der Waals surface area contributed by atoms with E-state index in [0.29, 0.717) is 26.5 Å². The maximum absolute atomic E-state index is 13.0. The van der Waals surface area contributed by atoms with Crippen LogP contribution < -0.4 is 5.56 Å². The van der Waals surface area contributed by atoms with Crippen molar-refractivity contribution in [3.8, 4) is 12.3 Å². The van der Waals surface area contributed by atoms with Crippen LogP contribution in [0.3, 0.4) is 0 Å². The molecule has 2 aromatic rings. The van der Waals surface area contributed by atoms with E-state index in [1.54, 1.807) is 6.92 Å². The van der Waals surface area contributed by atoms with Crippen molar-refractivity contribution in [2.75, 3.05) is 0 Å². The number of ether oxygens (including phenoxy) is 1. The average molecular weight is 372 g/mol. The molecular weight excluding hydrogens is 348 g/mol. The standard InChI is InChI=1S/C20H24N2O3S/c1-5-11-22-17(12(2)3)21-18-15(19(22)23)13(4)16(26-18)20(24)25-14-9-7-6-8-10-14/h1,12,14H,6-11H2,2-4H3. The highest BCUT2D eigenvalue weighted by molar-refractivity contribution is 7.20. The number of rotatable bonds is 4. The highest BCUT2D eigenvalue weighted by Gasteiger charge is 2.25. The van der Waals surface area contributed by atoms with Gasteiger partial charge < -0.3 is 4.74 Å². The van der Waals surface area contributed by atoms with Crippen LogP contribution in [-0.2, 0) is 11.3 Å². The first-order valence-corrected chi connectivity index (χ1v) is 9.94. The SMILES string of the molecule is C#CCn1c(C(C)C)nc2sc(C(=O)OC3CCCCC3)c(C)c2c1=O. The number of carbonyl (C=O) groups excluding carboxylic acids is 1. The lowest BCUT2D eigenvalue weighted by Crippen LogP contribution is -2.25. The van der Waals surface area contributed by atoms with Crippen LogP contribution >= 0.6 is 11.3 Å². The Labute approximate surface area is 157 Å². The Balaban J connectivity index is 2.04. The van der Waals surface area contributed by atoms with Crippen molar-refractivity contribution in [1.82, 2.24) is 9.55 Å². The second-order valence-electron chi connectivity index (χ2n) is 7.12. The number of aromatic nitrogens is 2. The normalized spacial score (nSPS) is 15.3. The second kappa shape index (κ2) is 7.63. The molecule has 6 heteroatoms. The van der Waals surface area contributed by atoms with Crippen molar-refractivity contribution in [2.45, 2.75) is 71.4 Å². The summed E-state index contributed by atoms with van der Waals surface area (Å²) in [4.78, 5) is 31.3. The van der Waals surface area contributed by atoms with Gasteiger partial charge in [-0.15, -0.1) is 17.8 Å². The summed E-state index contributed by atoms with van der Waals surface area (Å²) in [6.45, 7) is 5.90. The maximum Gasteiger partial charge on any atom is 0.348 e. The van der Waals surface area contributed by atoms with Gasteiger partial charge in [-0.3, -0.25) is 9.36 Å². The quantitative estimate of drug-likeness (QED) is 0.601. The third-order valence-electron chi connectivity index (χ3n) is 4.86. The molecule has 0 N–H and O–H groups in total. The van der Waals surface area contributed by atoms with Crippen LogP contribution in [-0.4, -0.2) is 21.6 Å². The predicted octanol–water partition coefficient (Wildman–Crippen LogP) is 4.01. The number of thiophene rings is 1. The van der Waals surface area contributed by atoms with Gasteiger partial charge in [0.2, 0.25) is 0 Å². The number of aryl methyl sites for hydroxylation is 1. The van der Waals surface area contributed by atoms with Crippen molar-refractivity contribution in [3.63, 3.8) is 0 Å². The summed E-state index contributed by atoms with van der Waals surface area (Å²) in [7, 11) is 0. The molecule has 0 atom stereocenters. The van der Waals surface area contributed by atoms with Gasteiger partial charge in [-0.2, -0.15) is 0 Å². The van der Waals surface area contributed by atoms with E-state index >= 15 is 0 Å². The molecule has 1 aliphatic rings. The monoisotopic (exact) mass is 372 g/mol. The third kappa shape index (κ3) is 3.41. The van der Waals surface area contributed by atoms with E-state index in [0.717, 1.165) is 25.7 Å². The lowest BCUT2D eigenvalue weighted by atomic mass is 9.98. The summed E-state index contributed by atoms with van der Waals surface area (Å²) in [5.41, 5.74) is 0.464. The molecule has 1 fully saturated rings. The largest absolute Gasteiger partial charge is 0.458 e. The molecule has 1 saturated carbocycles. The molecule has 26 heavy (non-hydrogen) atoms. The fourth-order valence-electron chi connectivity index (χ4n) is 3.50. The van der Waals surface area contributed by atoms with Gasteiger partial charge in [0.15, 0.2) is 0 Å². The molecule has 0 amide bonds.